The van der Waals surface area contributed by atoms with Crippen LogP contribution in [0.2, 0.25) is 0 Å². The van der Waals surface area contributed by atoms with Crippen molar-refractivity contribution in [3.8, 4) is 0 Å². The van der Waals surface area contributed by atoms with E-state index in [-0.39, 0.29) is 17.6 Å². The second-order valence-corrected chi connectivity index (χ2v) is 3.73. The van der Waals surface area contributed by atoms with E-state index in [2.05, 4.69) is 15.4 Å². The number of aromatic carboxylic acids is 1. The summed E-state index contributed by atoms with van der Waals surface area (Å²) in [7, 11) is 0. The van der Waals surface area contributed by atoms with E-state index < -0.39 is 5.97 Å². The van der Waals surface area contributed by atoms with Crippen molar-refractivity contribution in [1.29, 1.82) is 0 Å². The van der Waals surface area contributed by atoms with Crippen molar-refractivity contribution in [1.82, 2.24) is 20.3 Å². The zero-order valence-electron chi connectivity index (χ0n) is 8.80. The van der Waals surface area contributed by atoms with Crippen molar-refractivity contribution in [3.05, 3.63) is 11.4 Å². The Balaban J connectivity index is 2.33. The van der Waals surface area contributed by atoms with Crippen LogP contribution in [0.3, 0.4) is 0 Å². The molecular weight excluding hydrogens is 212 g/mol. The van der Waals surface area contributed by atoms with Gasteiger partial charge in [-0.25, -0.2) is 4.79 Å². The minimum atomic E-state index is -1.13. The summed E-state index contributed by atoms with van der Waals surface area (Å²) in [5, 5.41) is 18.6. The molecule has 1 unspecified atom stereocenters. The Labute approximate surface area is 91.4 Å². The van der Waals surface area contributed by atoms with E-state index in [1.165, 1.54) is 6.92 Å². The van der Waals surface area contributed by atoms with Gasteiger partial charge in [-0.05, 0) is 12.8 Å². The number of hydrogen-bond donors (Lipinski definition) is 2. The fourth-order valence-electron chi connectivity index (χ4n) is 2.06. The molecule has 7 nitrogen and oxygen atoms in total. The van der Waals surface area contributed by atoms with Gasteiger partial charge >= 0.3 is 5.97 Å². The zero-order chi connectivity index (χ0) is 11.7. The van der Waals surface area contributed by atoms with Gasteiger partial charge < -0.3 is 10.0 Å². The molecule has 1 fully saturated rings. The Kier molecular flexibility index (Phi) is 2.59. The summed E-state index contributed by atoms with van der Waals surface area (Å²) in [6.45, 7) is 2.12. The predicted molar refractivity (Wildman–Crippen MR) is 52.7 cm³/mol. The highest BCUT2D eigenvalue weighted by molar-refractivity contribution is 5.86. The molecule has 0 saturated carbocycles. The molecule has 1 atom stereocenters. The van der Waals surface area contributed by atoms with Gasteiger partial charge in [0, 0.05) is 13.5 Å². The molecule has 1 aromatic rings. The number of rotatable bonds is 2. The van der Waals surface area contributed by atoms with E-state index >= 15 is 0 Å². The van der Waals surface area contributed by atoms with Gasteiger partial charge in [-0.15, -0.1) is 5.10 Å². The Morgan fingerprint density at radius 1 is 1.50 bits per heavy atom. The molecule has 1 amide bonds. The van der Waals surface area contributed by atoms with Crippen molar-refractivity contribution in [2.75, 3.05) is 6.54 Å². The molecule has 1 saturated heterocycles. The van der Waals surface area contributed by atoms with Crippen molar-refractivity contribution in [2.24, 2.45) is 0 Å². The largest absolute Gasteiger partial charge is 0.476 e. The Bertz CT molecular complexity index is 428. The van der Waals surface area contributed by atoms with Gasteiger partial charge in [-0.2, -0.15) is 10.3 Å². The highest BCUT2D eigenvalue weighted by Crippen LogP contribution is 2.31. The maximum atomic E-state index is 11.4. The van der Waals surface area contributed by atoms with E-state index in [1.807, 2.05) is 0 Å². The summed E-state index contributed by atoms with van der Waals surface area (Å²) < 4.78 is 0. The van der Waals surface area contributed by atoms with Crippen molar-refractivity contribution in [2.45, 2.75) is 25.8 Å². The molecule has 1 aliphatic rings. The molecule has 16 heavy (non-hydrogen) atoms. The van der Waals surface area contributed by atoms with Crippen LogP contribution >= 0.6 is 0 Å². The molecule has 1 aliphatic heterocycles. The summed E-state index contributed by atoms with van der Waals surface area (Å²) in [4.78, 5) is 23.9. The molecule has 2 heterocycles. The number of aromatic amines is 1. The van der Waals surface area contributed by atoms with Gasteiger partial charge in [0.25, 0.3) is 0 Å². The molecule has 0 radical (unpaired) electrons. The molecule has 0 bridgehead atoms. The molecular formula is C9H12N4O3. The number of nitrogens with one attached hydrogen (secondary N) is 1. The number of H-pyrrole nitrogens is 1. The molecule has 1 aromatic heterocycles. The average molecular weight is 224 g/mol. The SMILES string of the molecule is CC(=O)N1CCCC1c1n[nH]nc1C(=O)O. The molecule has 2 N–H and O–H groups in total. The fraction of sp³-hybridized carbons (Fsp3) is 0.556. The van der Waals surface area contributed by atoms with Gasteiger partial charge in [-0.3, -0.25) is 4.79 Å². The zero-order valence-corrected chi connectivity index (χ0v) is 8.80. The first-order valence-corrected chi connectivity index (χ1v) is 5.02. The highest BCUT2D eigenvalue weighted by atomic mass is 16.4. The van der Waals surface area contributed by atoms with E-state index in [1.54, 1.807) is 4.90 Å². The first kappa shape index (κ1) is 10.6. The number of aromatic nitrogens is 3. The molecule has 0 aromatic carbocycles. The summed E-state index contributed by atoms with van der Waals surface area (Å²) in [5.74, 6) is -1.19. The predicted octanol–water partition coefficient (Wildman–Crippen LogP) is 0.186. The minimum Gasteiger partial charge on any atom is -0.476 e. The third-order valence-corrected chi connectivity index (χ3v) is 2.75. The van der Waals surface area contributed by atoms with Crippen LogP contribution in [0.1, 0.15) is 42.0 Å². The fourth-order valence-corrected chi connectivity index (χ4v) is 2.06. The average Bonchev–Trinajstić information content (AvgIpc) is 2.85. The third kappa shape index (κ3) is 1.64. The lowest BCUT2D eigenvalue weighted by atomic mass is 10.1. The normalized spacial score (nSPS) is 20.1. The maximum absolute atomic E-state index is 11.4. The van der Waals surface area contributed by atoms with Crippen LogP contribution in [0.25, 0.3) is 0 Å². The quantitative estimate of drug-likeness (QED) is 0.746. The van der Waals surface area contributed by atoms with Crippen LogP contribution in [-0.2, 0) is 4.79 Å². The van der Waals surface area contributed by atoms with Crippen LogP contribution in [-0.4, -0.2) is 43.8 Å². The first-order chi connectivity index (χ1) is 7.61. The number of hydrogen-bond acceptors (Lipinski definition) is 4. The van der Waals surface area contributed by atoms with Crippen molar-refractivity contribution in [3.63, 3.8) is 0 Å². The standard InChI is InChI=1S/C9H12N4O3/c1-5(14)13-4-2-3-6(13)7-8(9(15)16)11-12-10-7/h6H,2-4H2,1H3,(H,15,16)(H,10,11,12). The summed E-state index contributed by atoms with van der Waals surface area (Å²) in [5.41, 5.74) is 0.248. The molecule has 0 aliphatic carbocycles. The number of carbonyl (C=O) groups excluding carboxylic acids is 1. The number of carboxylic acids is 1. The highest BCUT2D eigenvalue weighted by Gasteiger charge is 2.33. The second kappa shape index (κ2) is 3.92. The Morgan fingerprint density at radius 2 is 2.25 bits per heavy atom. The van der Waals surface area contributed by atoms with Crippen LogP contribution in [0.15, 0.2) is 0 Å². The number of carboxylic acid groups (broad SMARTS) is 1. The summed E-state index contributed by atoms with van der Waals surface area (Å²) >= 11 is 0. The molecule has 86 valence electrons. The lowest BCUT2D eigenvalue weighted by Gasteiger charge is -2.21. The van der Waals surface area contributed by atoms with E-state index in [0.717, 1.165) is 12.8 Å². The van der Waals surface area contributed by atoms with Crippen LogP contribution in [0, 0.1) is 0 Å². The molecule has 2 rings (SSSR count). The first-order valence-electron chi connectivity index (χ1n) is 5.02. The monoisotopic (exact) mass is 224 g/mol. The Hall–Kier alpha value is -1.92. The van der Waals surface area contributed by atoms with Crippen molar-refractivity contribution < 1.29 is 14.7 Å². The van der Waals surface area contributed by atoms with E-state index in [4.69, 9.17) is 5.11 Å². The topological polar surface area (TPSA) is 99.2 Å². The smallest absolute Gasteiger partial charge is 0.358 e. The number of likely N-dealkylation sites (tertiary alicyclic amines) is 1. The lowest BCUT2D eigenvalue weighted by Crippen LogP contribution is -2.29. The van der Waals surface area contributed by atoms with Crippen molar-refractivity contribution >= 4 is 11.9 Å². The number of amides is 1. The number of nitrogens with zero attached hydrogens (tertiary/aromatic N) is 3. The Morgan fingerprint density at radius 3 is 2.88 bits per heavy atom. The van der Waals surface area contributed by atoms with Gasteiger partial charge in [0.15, 0.2) is 5.69 Å². The van der Waals surface area contributed by atoms with Crippen LogP contribution in [0.5, 0.6) is 0 Å². The third-order valence-electron chi connectivity index (χ3n) is 2.75. The van der Waals surface area contributed by atoms with E-state index in [0.29, 0.717) is 12.2 Å². The van der Waals surface area contributed by atoms with Gasteiger partial charge in [0.2, 0.25) is 5.91 Å². The molecule has 7 heteroatoms. The van der Waals surface area contributed by atoms with E-state index in [9.17, 15) is 9.59 Å². The van der Waals surface area contributed by atoms with Gasteiger partial charge in [0.05, 0.1) is 6.04 Å². The number of carbonyl (C=O) groups is 2. The maximum Gasteiger partial charge on any atom is 0.358 e. The second-order valence-electron chi connectivity index (χ2n) is 3.73. The lowest BCUT2D eigenvalue weighted by molar-refractivity contribution is -0.129. The van der Waals surface area contributed by atoms with Crippen LogP contribution < -0.4 is 0 Å². The van der Waals surface area contributed by atoms with Gasteiger partial charge in [0.1, 0.15) is 5.69 Å². The molecule has 0 spiro atoms. The minimum absolute atomic E-state index is 0.0677. The summed E-state index contributed by atoms with van der Waals surface area (Å²) in [6.07, 6.45) is 1.59. The summed E-state index contributed by atoms with van der Waals surface area (Å²) in [6, 6.07) is -0.262. The van der Waals surface area contributed by atoms with Crippen LogP contribution in [0.4, 0.5) is 0 Å². The van der Waals surface area contributed by atoms with Gasteiger partial charge in [-0.1, -0.05) is 0 Å².